The van der Waals surface area contributed by atoms with Crippen LogP contribution in [-0.2, 0) is 0 Å². The van der Waals surface area contributed by atoms with Crippen LogP contribution in [0.2, 0.25) is 0 Å². The van der Waals surface area contributed by atoms with E-state index in [-0.39, 0.29) is 0 Å². The van der Waals surface area contributed by atoms with Gasteiger partial charge in [0.25, 0.3) is 0 Å². The summed E-state index contributed by atoms with van der Waals surface area (Å²) in [5.74, 6) is 10.4. The lowest BCUT2D eigenvalue weighted by Crippen LogP contribution is -2.03. The molecule has 0 spiro atoms. The van der Waals surface area contributed by atoms with E-state index in [4.69, 9.17) is 9.47 Å². The third-order valence-electron chi connectivity index (χ3n) is 2.55. The zero-order chi connectivity index (χ0) is 12.8. The van der Waals surface area contributed by atoms with Gasteiger partial charge in [0, 0.05) is 5.56 Å². The normalized spacial score (nSPS) is 15.7. The summed E-state index contributed by atoms with van der Waals surface area (Å²) in [5.41, 5.74) is 0.972. The number of thioether (sulfide) groups is 2. The van der Waals surface area contributed by atoms with Crippen LogP contribution in [0.5, 0.6) is 11.5 Å². The Bertz CT molecular complexity index is 457. The maximum atomic E-state index is 5.27. The van der Waals surface area contributed by atoms with Crippen molar-refractivity contribution in [1.29, 1.82) is 0 Å². The highest BCUT2D eigenvalue weighted by atomic mass is 32.2. The molecule has 1 aromatic carbocycles. The van der Waals surface area contributed by atoms with E-state index in [1.54, 1.807) is 14.2 Å². The summed E-state index contributed by atoms with van der Waals surface area (Å²) in [6.07, 6.45) is 1.30. The molecule has 1 saturated heterocycles. The summed E-state index contributed by atoms with van der Waals surface area (Å²) in [6.45, 7) is 0. The van der Waals surface area contributed by atoms with Crippen molar-refractivity contribution in [2.45, 2.75) is 11.0 Å². The van der Waals surface area contributed by atoms with Gasteiger partial charge in [0.05, 0.1) is 14.2 Å². The zero-order valence-electron chi connectivity index (χ0n) is 10.6. The van der Waals surface area contributed by atoms with Gasteiger partial charge in [0.1, 0.15) is 4.58 Å². The third kappa shape index (κ3) is 3.54. The fraction of sp³-hybridized carbons (Fsp3) is 0.429. The molecule has 96 valence electrons. The van der Waals surface area contributed by atoms with Gasteiger partial charge in [0.15, 0.2) is 11.5 Å². The van der Waals surface area contributed by atoms with E-state index in [9.17, 15) is 0 Å². The van der Waals surface area contributed by atoms with E-state index in [1.165, 1.54) is 17.9 Å². The molecule has 1 heterocycles. The molecular weight excluding hydrogens is 264 g/mol. The smallest absolute Gasteiger partial charge is 0.161 e. The molecule has 1 aliphatic heterocycles. The fourth-order valence-electron chi connectivity index (χ4n) is 1.63. The van der Waals surface area contributed by atoms with Crippen molar-refractivity contribution in [2.24, 2.45) is 0 Å². The number of rotatable bonds is 2. The number of methoxy groups -OCH3 is 2. The fourth-order valence-corrected chi connectivity index (χ4v) is 4.11. The maximum Gasteiger partial charge on any atom is 0.161 e. The van der Waals surface area contributed by atoms with Gasteiger partial charge in [-0.1, -0.05) is 11.8 Å². The molecule has 0 amide bonds. The molecule has 0 N–H and O–H groups in total. The summed E-state index contributed by atoms with van der Waals surface area (Å²) in [6, 6.07) is 5.78. The molecule has 0 saturated carbocycles. The Kier molecular flexibility index (Phi) is 5.15. The minimum absolute atomic E-state index is 0.409. The Labute approximate surface area is 117 Å². The van der Waals surface area contributed by atoms with Crippen LogP contribution in [0.15, 0.2) is 18.2 Å². The topological polar surface area (TPSA) is 18.5 Å². The lowest BCUT2D eigenvalue weighted by molar-refractivity contribution is 0.355. The van der Waals surface area contributed by atoms with E-state index in [0.717, 1.165) is 17.1 Å². The molecule has 0 radical (unpaired) electrons. The Hall–Kier alpha value is -0.920. The van der Waals surface area contributed by atoms with Crippen LogP contribution in [0.25, 0.3) is 0 Å². The number of hydrogen-bond acceptors (Lipinski definition) is 4. The Balaban J connectivity index is 2.11. The second-order valence-electron chi connectivity index (χ2n) is 3.77. The molecule has 4 heteroatoms. The van der Waals surface area contributed by atoms with Gasteiger partial charge in [-0.05, 0) is 36.1 Å². The molecule has 0 atom stereocenters. The molecule has 0 aliphatic carbocycles. The highest BCUT2D eigenvalue weighted by Gasteiger charge is 2.11. The van der Waals surface area contributed by atoms with Crippen molar-refractivity contribution in [3.8, 4) is 23.3 Å². The predicted molar refractivity (Wildman–Crippen MR) is 79.7 cm³/mol. The third-order valence-corrected chi connectivity index (χ3v) is 5.25. The highest BCUT2D eigenvalue weighted by Crippen LogP contribution is 2.30. The van der Waals surface area contributed by atoms with E-state index >= 15 is 0 Å². The molecule has 2 rings (SSSR count). The number of benzene rings is 1. The minimum atomic E-state index is 0.409. The first-order chi connectivity index (χ1) is 8.83. The molecule has 0 unspecified atom stereocenters. The van der Waals surface area contributed by atoms with Crippen LogP contribution < -0.4 is 9.47 Å². The Morgan fingerprint density at radius 3 is 2.50 bits per heavy atom. The SMILES string of the molecule is COc1ccc(C#CC2SCCCS2)cc1OC. The van der Waals surface area contributed by atoms with Crippen molar-refractivity contribution >= 4 is 23.5 Å². The summed E-state index contributed by atoms with van der Waals surface area (Å²) in [4.78, 5) is 0. The summed E-state index contributed by atoms with van der Waals surface area (Å²) in [5, 5.41) is 0. The monoisotopic (exact) mass is 280 g/mol. The van der Waals surface area contributed by atoms with Crippen LogP contribution in [0.4, 0.5) is 0 Å². The molecular formula is C14H16O2S2. The van der Waals surface area contributed by atoms with Crippen LogP contribution in [0.1, 0.15) is 12.0 Å². The van der Waals surface area contributed by atoms with Gasteiger partial charge in [-0.2, -0.15) is 0 Å². The molecule has 2 nitrogen and oxygen atoms in total. The Morgan fingerprint density at radius 2 is 1.83 bits per heavy atom. The first kappa shape index (κ1) is 13.5. The second kappa shape index (κ2) is 6.86. The summed E-state index contributed by atoms with van der Waals surface area (Å²) >= 11 is 3.87. The summed E-state index contributed by atoms with van der Waals surface area (Å²) < 4.78 is 10.9. The van der Waals surface area contributed by atoms with Crippen molar-refractivity contribution < 1.29 is 9.47 Å². The van der Waals surface area contributed by atoms with Crippen LogP contribution in [0, 0.1) is 11.8 Å². The minimum Gasteiger partial charge on any atom is -0.493 e. The van der Waals surface area contributed by atoms with Gasteiger partial charge < -0.3 is 9.47 Å². The van der Waals surface area contributed by atoms with Gasteiger partial charge in [0.2, 0.25) is 0 Å². The van der Waals surface area contributed by atoms with Gasteiger partial charge in [-0.15, -0.1) is 23.5 Å². The van der Waals surface area contributed by atoms with Gasteiger partial charge in [-0.3, -0.25) is 0 Å². The van der Waals surface area contributed by atoms with E-state index < -0.39 is 0 Å². The maximum absolute atomic E-state index is 5.27. The van der Waals surface area contributed by atoms with E-state index in [2.05, 4.69) is 11.8 Å². The predicted octanol–water partition coefficient (Wildman–Crippen LogP) is 3.25. The Morgan fingerprint density at radius 1 is 1.11 bits per heavy atom. The van der Waals surface area contributed by atoms with Crippen molar-refractivity contribution in [1.82, 2.24) is 0 Å². The van der Waals surface area contributed by atoms with Crippen LogP contribution in [0.3, 0.4) is 0 Å². The van der Waals surface area contributed by atoms with Crippen LogP contribution >= 0.6 is 23.5 Å². The largest absolute Gasteiger partial charge is 0.493 e. The molecule has 1 fully saturated rings. The highest BCUT2D eigenvalue weighted by molar-refractivity contribution is 8.17. The molecule has 0 aromatic heterocycles. The van der Waals surface area contributed by atoms with E-state index in [1.807, 2.05) is 41.7 Å². The second-order valence-corrected chi connectivity index (χ2v) is 6.49. The van der Waals surface area contributed by atoms with Crippen molar-refractivity contribution in [2.75, 3.05) is 25.7 Å². The van der Waals surface area contributed by atoms with E-state index in [0.29, 0.717) is 4.58 Å². The molecule has 0 bridgehead atoms. The van der Waals surface area contributed by atoms with Crippen LogP contribution in [-0.4, -0.2) is 30.3 Å². The van der Waals surface area contributed by atoms with Crippen molar-refractivity contribution in [3.63, 3.8) is 0 Å². The number of ether oxygens (including phenoxy) is 2. The molecule has 18 heavy (non-hydrogen) atoms. The van der Waals surface area contributed by atoms with Gasteiger partial charge >= 0.3 is 0 Å². The van der Waals surface area contributed by atoms with Gasteiger partial charge in [-0.25, -0.2) is 0 Å². The molecule has 1 aliphatic rings. The lowest BCUT2D eigenvalue weighted by Gasteiger charge is -2.14. The number of hydrogen-bond donors (Lipinski definition) is 0. The quantitative estimate of drug-likeness (QED) is 0.774. The summed E-state index contributed by atoms with van der Waals surface area (Å²) in [7, 11) is 3.28. The average Bonchev–Trinajstić information content (AvgIpc) is 2.45. The standard InChI is InChI=1S/C14H16O2S2/c1-15-12-6-4-11(10-13(12)16-2)5-7-14-17-8-3-9-18-14/h4,6,10,14H,3,8-9H2,1-2H3. The van der Waals surface area contributed by atoms with Crippen molar-refractivity contribution in [3.05, 3.63) is 23.8 Å². The first-order valence-electron chi connectivity index (χ1n) is 5.80. The first-order valence-corrected chi connectivity index (χ1v) is 7.90. The zero-order valence-corrected chi connectivity index (χ0v) is 12.2. The lowest BCUT2D eigenvalue weighted by atomic mass is 10.2. The average molecular weight is 280 g/mol. The molecule has 1 aromatic rings.